The van der Waals surface area contributed by atoms with E-state index in [4.69, 9.17) is 10.5 Å². The number of ether oxygens (including phenoxy) is 1. The van der Waals surface area contributed by atoms with Gasteiger partial charge < -0.3 is 10.5 Å². The molecule has 21 heavy (non-hydrogen) atoms. The third-order valence-electron chi connectivity index (χ3n) is 3.43. The zero-order valence-corrected chi connectivity index (χ0v) is 13.4. The number of nitrogens with two attached hydrogens (primary N) is 1. The van der Waals surface area contributed by atoms with Crippen molar-refractivity contribution in [3.8, 4) is 0 Å². The fourth-order valence-electron chi connectivity index (χ4n) is 2.31. The van der Waals surface area contributed by atoms with Crippen LogP contribution in [0.15, 0.2) is 30.5 Å². The van der Waals surface area contributed by atoms with Gasteiger partial charge in [0.15, 0.2) is 0 Å². The van der Waals surface area contributed by atoms with E-state index in [1.807, 2.05) is 45.0 Å². The number of nitrogens with zero attached hydrogens (tertiary/aromatic N) is 1. The molecule has 0 unspecified atom stereocenters. The zero-order chi connectivity index (χ0) is 15.8. The summed E-state index contributed by atoms with van der Waals surface area (Å²) in [6, 6.07) is 7.74. The van der Waals surface area contributed by atoms with E-state index >= 15 is 0 Å². The quantitative estimate of drug-likeness (QED) is 0.905. The Morgan fingerprint density at radius 1 is 1.24 bits per heavy atom. The number of fused-ring (bicyclic) bond motifs is 1. The Labute approximate surface area is 125 Å². The highest BCUT2D eigenvalue weighted by molar-refractivity contribution is 5.91. The molecule has 114 valence electrons. The number of hydrogen-bond acceptors (Lipinski definition) is 3. The van der Waals surface area contributed by atoms with Gasteiger partial charge in [-0.25, -0.2) is 4.79 Å². The molecule has 2 N–H and O–H groups in total. The fraction of sp³-hybridized carbons (Fsp3) is 0.471. The van der Waals surface area contributed by atoms with Gasteiger partial charge in [0, 0.05) is 17.6 Å². The molecule has 0 amide bonds. The summed E-state index contributed by atoms with van der Waals surface area (Å²) in [5.41, 5.74) is 7.64. The second kappa shape index (κ2) is 5.53. The van der Waals surface area contributed by atoms with Crippen LogP contribution in [-0.4, -0.2) is 16.3 Å². The van der Waals surface area contributed by atoms with Gasteiger partial charge in [0.2, 0.25) is 0 Å². The first-order valence-corrected chi connectivity index (χ1v) is 7.29. The lowest BCUT2D eigenvalue weighted by Crippen LogP contribution is -2.26. The average Bonchev–Trinajstić information content (AvgIpc) is 2.79. The number of hydrogen-bond donors (Lipinski definition) is 1. The van der Waals surface area contributed by atoms with Crippen molar-refractivity contribution in [1.82, 2.24) is 4.57 Å². The van der Waals surface area contributed by atoms with Crippen molar-refractivity contribution in [1.29, 1.82) is 0 Å². The summed E-state index contributed by atoms with van der Waals surface area (Å²) < 4.78 is 6.97. The van der Waals surface area contributed by atoms with Crippen molar-refractivity contribution in [2.75, 3.05) is 0 Å². The van der Waals surface area contributed by atoms with E-state index in [0.717, 1.165) is 16.5 Å². The van der Waals surface area contributed by atoms with E-state index in [9.17, 15) is 4.79 Å². The molecule has 2 rings (SSSR count). The summed E-state index contributed by atoms with van der Waals surface area (Å²) in [5, 5.41) is 1.00. The van der Waals surface area contributed by atoms with Crippen molar-refractivity contribution in [2.24, 2.45) is 11.7 Å². The van der Waals surface area contributed by atoms with Crippen LogP contribution in [-0.2, 0) is 4.74 Å². The maximum Gasteiger partial charge on any atom is 0.418 e. The number of benzene rings is 1. The van der Waals surface area contributed by atoms with Gasteiger partial charge in [-0.1, -0.05) is 26.0 Å². The van der Waals surface area contributed by atoms with E-state index in [2.05, 4.69) is 13.8 Å². The number of aromatic nitrogens is 1. The first-order valence-electron chi connectivity index (χ1n) is 7.29. The molecule has 0 aliphatic rings. The molecular formula is C17H24N2O2. The van der Waals surface area contributed by atoms with Crippen LogP contribution < -0.4 is 5.73 Å². The van der Waals surface area contributed by atoms with Gasteiger partial charge in [0.05, 0.1) is 5.52 Å². The van der Waals surface area contributed by atoms with Crippen LogP contribution >= 0.6 is 0 Å². The molecule has 1 aromatic carbocycles. The van der Waals surface area contributed by atoms with Gasteiger partial charge in [-0.2, -0.15) is 0 Å². The minimum absolute atomic E-state index is 0.0526. The number of rotatable bonds is 2. The van der Waals surface area contributed by atoms with Gasteiger partial charge in [0.25, 0.3) is 0 Å². The summed E-state index contributed by atoms with van der Waals surface area (Å²) in [7, 11) is 0. The molecule has 0 saturated carbocycles. The van der Waals surface area contributed by atoms with Gasteiger partial charge >= 0.3 is 6.09 Å². The summed E-state index contributed by atoms with van der Waals surface area (Å²) in [4.78, 5) is 12.3. The first-order chi connectivity index (χ1) is 9.70. The monoisotopic (exact) mass is 288 g/mol. The van der Waals surface area contributed by atoms with Crippen LogP contribution in [0.2, 0.25) is 0 Å². The zero-order valence-electron chi connectivity index (χ0n) is 13.4. The molecule has 2 aromatic rings. The second-order valence-corrected chi connectivity index (χ2v) is 6.72. The first kappa shape index (κ1) is 15.6. The van der Waals surface area contributed by atoms with E-state index in [0.29, 0.717) is 5.92 Å². The third kappa shape index (κ3) is 3.27. The molecule has 4 nitrogen and oxygen atoms in total. The van der Waals surface area contributed by atoms with Gasteiger partial charge in [-0.3, -0.25) is 4.57 Å². The molecule has 1 atom stereocenters. The second-order valence-electron chi connectivity index (χ2n) is 6.72. The Hall–Kier alpha value is -1.81. The smallest absolute Gasteiger partial charge is 0.418 e. The van der Waals surface area contributed by atoms with Crippen LogP contribution in [0, 0.1) is 5.92 Å². The molecule has 0 bridgehead atoms. The van der Waals surface area contributed by atoms with Gasteiger partial charge in [-0.05, 0) is 44.4 Å². The van der Waals surface area contributed by atoms with Crippen LogP contribution in [0.5, 0.6) is 0 Å². The van der Waals surface area contributed by atoms with Crippen molar-refractivity contribution in [3.05, 3.63) is 36.0 Å². The minimum atomic E-state index is -0.514. The predicted molar refractivity (Wildman–Crippen MR) is 85.3 cm³/mol. The van der Waals surface area contributed by atoms with Gasteiger partial charge in [-0.15, -0.1) is 0 Å². The van der Waals surface area contributed by atoms with Crippen molar-refractivity contribution < 1.29 is 9.53 Å². The maximum atomic E-state index is 12.3. The SMILES string of the molecule is CC(C)[C@H](N)c1cccc2c1ccn2C(=O)OC(C)(C)C. The average molecular weight is 288 g/mol. The van der Waals surface area contributed by atoms with Gasteiger partial charge in [0.1, 0.15) is 5.60 Å². The highest BCUT2D eigenvalue weighted by atomic mass is 16.6. The Bertz CT molecular complexity index is 650. The molecular weight excluding hydrogens is 264 g/mol. The van der Waals surface area contributed by atoms with E-state index in [1.54, 1.807) is 6.20 Å². The molecule has 0 radical (unpaired) electrons. The lowest BCUT2D eigenvalue weighted by atomic mass is 9.94. The number of carbonyl (C=O) groups excluding carboxylic acids is 1. The van der Waals surface area contributed by atoms with Crippen molar-refractivity contribution >= 4 is 17.0 Å². The highest BCUT2D eigenvalue weighted by Crippen LogP contribution is 2.28. The minimum Gasteiger partial charge on any atom is -0.443 e. The standard InChI is InChI=1S/C17H24N2O2/c1-11(2)15(18)13-7-6-8-14-12(13)9-10-19(14)16(20)21-17(3,4)5/h6-11,15H,18H2,1-5H3/t15-/m0/s1. The molecule has 0 aliphatic heterocycles. The lowest BCUT2D eigenvalue weighted by Gasteiger charge is -2.20. The van der Waals surface area contributed by atoms with E-state index < -0.39 is 5.60 Å². The van der Waals surface area contributed by atoms with Crippen LogP contribution in [0.4, 0.5) is 4.79 Å². The van der Waals surface area contributed by atoms with Crippen LogP contribution in [0.3, 0.4) is 0 Å². The van der Waals surface area contributed by atoms with Crippen LogP contribution in [0.25, 0.3) is 10.9 Å². The summed E-state index contributed by atoms with van der Waals surface area (Å²) >= 11 is 0. The fourth-order valence-corrected chi connectivity index (χ4v) is 2.31. The van der Waals surface area contributed by atoms with Crippen molar-refractivity contribution in [2.45, 2.75) is 46.3 Å². The molecule has 4 heteroatoms. The summed E-state index contributed by atoms with van der Waals surface area (Å²) in [6.07, 6.45) is 1.38. The molecule has 1 heterocycles. The lowest BCUT2D eigenvalue weighted by molar-refractivity contribution is 0.0544. The Balaban J connectivity index is 2.46. The highest BCUT2D eigenvalue weighted by Gasteiger charge is 2.21. The summed E-state index contributed by atoms with van der Waals surface area (Å²) in [5.74, 6) is 0.334. The Kier molecular flexibility index (Phi) is 4.10. The molecule has 0 saturated heterocycles. The Morgan fingerprint density at radius 3 is 2.48 bits per heavy atom. The number of carbonyl (C=O) groups is 1. The predicted octanol–water partition coefficient (Wildman–Crippen LogP) is 4.08. The third-order valence-corrected chi connectivity index (χ3v) is 3.43. The molecule has 0 aliphatic carbocycles. The summed E-state index contributed by atoms with van der Waals surface area (Å²) in [6.45, 7) is 9.76. The Morgan fingerprint density at radius 2 is 1.90 bits per heavy atom. The van der Waals surface area contributed by atoms with E-state index in [1.165, 1.54) is 4.57 Å². The topological polar surface area (TPSA) is 57.2 Å². The maximum absolute atomic E-state index is 12.3. The molecule has 1 aromatic heterocycles. The molecule has 0 fully saturated rings. The van der Waals surface area contributed by atoms with Crippen molar-refractivity contribution in [3.63, 3.8) is 0 Å². The normalized spacial score (nSPS) is 13.7. The van der Waals surface area contributed by atoms with Crippen LogP contribution in [0.1, 0.15) is 46.2 Å². The molecule has 0 spiro atoms. The van der Waals surface area contributed by atoms with E-state index in [-0.39, 0.29) is 12.1 Å². The largest absolute Gasteiger partial charge is 0.443 e.